The third-order valence-corrected chi connectivity index (χ3v) is 6.03. The Labute approximate surface area is 176 Å². The van der Waals surface area contributed by atoms with Gasteiger partial charge in [-0.05, 0) is 18.6 Å². The third kappa shape index (κ3) is 3.33. The fraction of sp³-hybridized carbons (Fsp3) is 0.190. The van der Waals surface area contributed by atoms with Crippen molar-refractivity contribution in [3.8, 4) is 10.6 Å². The Morgan fingerprint density at radius 1 is 1.30 bits per heavy atom. The Morgan fingerprint density at radius 2 is 2.20 bits per heavy atom. The number of nitrogens with zero attached hydrogens (tertiary/aromatic N) is 5. The molecule has 0 bridgehead atoms. The van der Waals surface area contributed by atoms with Crippen molar-refractivity contribution in [3.05, 3.63) is 60.6 Å². The van der Waals surface area contributed by atoms with Crippen molar-refractivity contribution in [2.24, 2.45) is 7.05 Å². The normalized spacial score (nSPS) is 12.5. The highest BCUT2D eigenvalue weighted by molar-refractivity contribution is 7.21. The van der Waals surface area contributed by atoms with Gasteiger partial charge in [0.25, 0.3) is 0 Å². The molecular formula is C21H19N7OS. The van der Waals surface area contributed by atoms with E-state index >= 15 is 0 Å². The number of pyridine rings is 1. The zero-order valence-electron chi connectivity index (χ0n) is 16.5. The summed E-state index contributed by atoms with van der Waals surface area (Å²) in [5.41, 5.74) is 5.49. The standard InChI is InChI=1S/C21H19N7OS/c1-12(26-17(29)7-15-8-22-10-24-15)13-4-3-5-14(6-13)20-27-18-19-16(25-11-28(19)2)9-23-21(18)30-20/h3-6,8-12H,7H2,1-2H3,(H,22,24)(H,26,29)/t12-/m0/s1. The maximum atomic E-state index is 12.3. The maximum Gasteiger partial charge on any atom is 0.226 e. The van der Waals surface area contributed by atoms with E-state index in [4.69, 9.17) is 4.98 Å². The highest BCUT2D eigenvalue weighted by Gasteiger charge is 2.15. The quantitative estimate of drug-likeness (QED) is 0.456. The molecule has 5 aromatic rings. The van der Waals surface area contributed by atoms with Crippen LogP contribution < -0.4 is 5.32 Å². The van der Waals surface area contributed by atoms with Gasteiger partial charge in [0.05, 0.1) is 36.8 Å². The van der Waals surface area contributed by atoms with Gasteiger partial charge in [0.2, 0.25) is 5.91 Å². The van der Waals surface area contributed by atoms with Crippen molar-refractivity contribution in [1.82, 2.24) is 34.8 Å². The van der Waals surface area contributed by atoms with Gasteiger partial charge in [-0.3, -0.25) is 4.79 Å². The van der Waals surface area contributed by atoms with Gasteiger partial charge >= 0.3 is 0 Å². The van der Waals surface area contributed by atoms with E-state index in [9.17, 15) is 4.79 Å². The largest absolute Gasteiger partial charge is 0.349 e. The fourth-order valence-electron chi connectivity index (χ4n) is 3.50. The van der Waals surface area contributed by atoms with Crippen LogP contribution in [0.5, 0.6) is 0 Å². The van der Waals surface area contributed by atoms with Crippen molar-refractivity contribution < 1.29 is 4.79 Å². The van der Waals surface area contributed by atoms with Gasteiger partial charge in [-0.15, -0.1) is 0 Å². The predicted molar refractivity (Wildman–Crippen MR) is 116 cm³/mol. The summed E-state index contributed by atoms with van der Waals surface area (Å²) in [6.45, 7) is 1.98. The van der Waals surface area contributed by atoms with Crippen LogP contribution in [0.15, 0.2) is 49.3 Å². The molecule has 1 amide bonds. The Balaban J connectivity index is 1.42. The van der Waals surface area contributed by atoms with Crippen LogP contribution in [0.4, 0.5) is 0 Å². The lowest BCUT2D eigenvalue weighted by Crippen LogP contribution is -2.28. The maximum absolute atomic E-state index is 12.3. The fourth-order valence-corrected chi connectivity index (χ4v) is 4.41. The smallest absolute Gasteiger partial charge is 0.226 e. The van der Waals surface area contributed by atoms with E-state index in [0.717, 1.165) is 43.2 Å². The number of thiazole rings is 1. The SMILES string of the molecule is C[C@H](NC(=O)Cc1cnc[nH]1)c1cccc(-c2nc3c(ncc4ncn(C)c43)s2)c1. The summed E-state index contributed by atoms with van der Waals surface area (Å²) in [5, 5.41) is 3.93. The molecule has 0 aliphatic rings. The van der Waals surface area contributed by atoms with Crippen molar-refractivity contribution in [2.45, 2.75) is 19.4 Å². The van der Waals surface area contributed by atoms with Crippen LogP contribution in [0, 0.1) is 0 Å². The minimum absolute atomic E-state index is 0.0556. The Hall–Kier alpha value is -3.59. The van der Waals surface area contributed by atoms with Crippen LogP contribution in [-0.4, -0.2) is 35.4 Å². The summed E-state index contributed by atoms with van der Waals surface area (Å²) in [7, 11) is 1.96. The molecule has 1 aromatic carbocycles. The molecule has 0 aliphatic carbocycles. The minimum Gasteiger partial charge on any atom is -0.349 e. The number of aryl methyl sites for hydroxylation is 1. The first-order valence-corrected chi connectivity index (χ1v) is 10.3. The van der Waals surface area contributed by atoms with Gasteiger partial charge in [0.1, 0.15) is 20.9 Å². The number of hydrogen-bond donors (Lipinski definition) is 2. The molecule has 8 nitrogen and oxygen atoms in total. The van der Waals surface area contributed by atoms with E-state index in [1.54, 1.807) is 36.4 Å². The highest BCUT2D eigenvalue weighted by atomic mass is 32.1. The van der Waals surface area contributed by atoms with Crippen molar-refractivity contribution in [3.63, 3.8) is 0 Å². The van der Waals surface area contributed by atoms with E-state index in [-0.39, 0.29) is 18.4 Å². The monoisotopic (exact) mass is 417 g/mol. The summed E-state index contributed by atoms with van der Waals surface area (Å²) in [5.74, 6) is -0.0556. The van der Waals surface area contributed by atoms with Crippen molar-refractivity contribution >= 4 is 38.6 Å². The molecule has 0 saturated heterocycles. The number of carbonyl (C=O) groups excluding carboxylic acids is 1. The molecule has 9 heteroatoms. The summed E-state index contributed by atoms with van der Waals surface area (Å²) in [6.07, 6.45) is 7.06. The molecule has 0 spiro atoms. The minimum atomic E-state index is -0.128. The van der Waals surface area contributed by atoms with E-state index < -0.39 is 0 Å². The second-order valence-corrected chi connectivity index (χ2v) is 8.17. The topological polar surface area (TPSA) is 101 Å². The Morgan fingerprint density at radius 3 is 3.03 bits per heavy atom. The highest BCUT2D eigenvalue weighted by Crippen LogP contribution is 2.33. The van der Waals surface area contributed by atoms with Crippen molar-refractivity contribution in [1.29, 1.82) is 0 Å². The summed E-state index contributed by atoms with van der Waals surface area (Å²) in [6, 6.07) is 7.97. The molecule has 30 heavy (non-hydrogen) atoms. The summed E-state index contributed by atoms with van der Waals surface area (Å²) in [4.78, 5) is 33.8. The second-order valence-electron chi connectivity index (χ2n) is 7.19. The predicted octanol–water partition coefficient (Wildman–Crippen LogP) is 3.39. The molecule has 1 atom stereocenters. The lowest BCUT2D eigenvalue weighted by molar-refractivity contribution is -0.121. The van der Waals surface area contributed by atoms with Crippen LogP contribution in [0.2, 0.25) is 0 Å². The van der Waals surface area contributed by atoms with Crippen LogP contribution in [0.3, 0.4) is 0 Å². The molecular weight excluding hydrogens is 398 g/mol. The molecule has 0 radical (unpaired) electrons. The molecule has 4 aromatic heterocycles. The van der Waals surface area contributed by atoms with Crippen LogP contribution in [-0.2, 0) is 18.3 Å². The first-order valence-electron chi connectivity index (χ1n) is 9.52. The number of hydrogen-bond acceptors (Lipinski definition) is 6. The number of imidazole rings is 2. The Bertz CT molecular complexity index is 1350. The average molecular weight is 417 g/mol. The number of carbonyl (C=O) groups is 1. The average Bonchev–Trinajstić information content (AvgIpc) is 3.47. The number of amides is 1. The summed E-state index contributed by atoms with van der Waals surface area (Å²) >= 11 is 1.55. The third-order valence-electron chi connectivity index (χ3n) is 5.02. The van der Waals surface area contributed by atoms with E-state index in [2.05, 4.69) is 31.3 Å². The molecule has 0 fully saturated rings. The Kier molecular flexibility index (Phi) is 4.51. The molecule has 0 saturated carbocycles. The molecule has 150 valence electrons. The number of nitrogens with one attached hydrogen (secondary N) is 2. The number of aromatic amines is 1. The number of H-pyrrole nitrogens is 1. The van der Waals surface area contributed by atoms with Gasteiger partial charge < -0.3 is 14.9 Å². The summed E-state index contributed by atoms with van der Waals surface area (Å²) < 4.78 is 1.97. The van der Waals surface area contributed by atoms with E-state index in [1.165, 1.54) is 0 Å². The van der Waals surface area contributed by atoms with Gasteiger partial charge in [0.15, 0.2) is 0 Å². The van der Waals surface area contributed by atoms with Crippen LogP contribution in [0.25, 0.3) is 32.0 Å². The molecule has 5 rings (SSSR count). The van der Waals surface area contributed by atoms with Gasteiger partial charge in [-0.25, -0.2) is 19.9 Å². The lowest BCUT2D eigenvalue weighted by Gasteiger charge is -2.15. The van der Waals surface area contributed by atoms with E-state index in [0.29, 0.717) is 0 Å². The molecule has 0 aliphatic heterocycles. The molecule has 2 N–H and O–H groups in total. The zero-order chi connectivity index (χ0) is 20.7. The van der Waals surface area contributed by atoms with Gasteiger partial charge in [-0.1, -0.05) is 29.5 Å². The number of benzene rings is 1. The number of aromatic nitrogens is 6. The first kappa shape index (κ1) is 18.4. The lowest BCUT2D eigenvalue weighted by atomic mass is 10.1. The molecule has 0 unspecified atom stereocenters. The number of rotatable bonds is 5. The molecule has 4 heterocycles. The van der Waals surface area contributed by atoms with Gasteiger partial charge in [-0.2, -0.15) is 0 Å². The van der Waals surface area contributed by atoms with E-state index in [1.807, 2.05) is 36.7 Å². The van der Waals surface area contributed by atoms with Crippen LogP contribution >= 0.6 is 11.3 Å². The van der Waals surface area contributed by atoms with Crippen LogP contribution in [0.1, 0.15) is 24.2 Å². The van der Waals surface area contributed by atoms with Crippen molar-refractivity contribution in [2.75, 3.05) is 0 Å². The first-order chi connectivity index (χ1) is 14.6. The van der Waals surface area contributed by atoms with Gasteiger partial charge in [0, 0.05) is 24.5 Å². The number of fused-ring (bicyclic) bond motifs is 3. The zero-order valence-corrected chi connectivity index (χ0v) is 17.3. The second kappa shape index (κ2) is 7.34.